The van der Waals surface area contributed by atoms with Gasteiger partial charge in [-0.2, -0.15) is 0 Å². The van der Waals surface area contributed by atoms with Crippen LogP contribution >= 0.6 is 0 Å². The highest BCUT2D eigenvalue weighted by atomic mass is 16.5. The lowest BCUT2D eigenvalue weighted by atomic mass is 9.64. The van der Waals surface area contributed by atoms with E-state index in [2.05, 4.69) is 16.2 Å². The highest BCUT2D eigenvalue weighted by Crippen LogP contribution is 2.46. The number of rotatable bonds is 6. The Morgan fingerprint density at radius 2 is 1.79 bits per heavy atom. The molecule has 1 saturated carbocycles. The molecule has 1 aliphatic carbocycles. The van der Waals surface area contributed by atoms with Crippen molar-refractivity contribution < 1.29 is 33.4 Å². The standard InChI is InChI=1S/C23H30N4O7/c1-14-9-22(2,3)13-23(10-14)20(31)27(21(32)24-23)11-18(29)34-12-17(28)25-26-19(30)15-5-7-16(33-4)8-6-15/h5-8,14H,9-13H2,1-4H3,(H,24,32)(H,25,28)(H,26,30). The van der Waals surface area contributed by atoms with Crippen molar-refractivity contribution in [3.63, 3.8) is 0 Å². The predicted molar refractivity (Wildman–Crippen MR) is 119 cm³/mol. The van der Waals surface area contributed by atoms with Crippen LogP contribution in [0.1, 0.15) is 50.4 Å². The number of imide groups is 1. The maximum Gasteiger partial charge on any atom is 0.326 e. The molecule has 3 rings (SSSR count). The molecule has 184 valence electrons. The molecule has 1 spiro atoms. The number of nitrogens with one attached hydrogen (secondary N) is 3. The summed E-state index contributed by atoms with van der Waals surface area (Å²) in [6.45, 7) is 4.83. The first-order valence-corrected chi connectivity index (χ1v) is 11.0. The zero-order valence-corrected chi connectivity index (χ0v) is 19.7. The van der Waals surface area contributed by atoms with Crippen molar-refractivity contribution in [3.8, 4) is 5.75 Å². The summed E-state index contributed by atoms with van der Waals surface area (Å²) in [5.41, 5.74) is 3.45. The van der Waals surface area contributed by atoms with Crippen LogP contribution in [-0.2, 0) is 19.1 Å². The van der Waals surface area contributed by atoms with E-state index >= 15 is 0 Å². The van der Waals surface area contributed by atoms with Gasteiger partial charge in [0.05, 0.1) is 7.11 Å². The van der Waals surface area contributed by atoms with Gasteiger partial charge < -0.3 is 14.8 Å². The molecule has 0 bridgehead atoms. The second kappa shape index (κ2) is 9.70. The van der Waals surface area contributed by atoms with Crippen molar-refractivity contribution in [2.24, 2.45) is 11.3 Å². The summed E-state index contributed by atoms with van der Waals surface area (Å²) in [6.07, 6.45) is 1.92. The van der Waals surface area contributed by atoms with E-state index in [1.807, 2.05) is 20.8 Å². The number of urea groups is 1. The van der Waals surface area contributed by atoms with Crippen molar-refractivity contribution in [1.82, 2.24) is 21.1 Å². The number of amides is 5. The molecular weight excluding hydrogens is 444 g/mol. The van der Waals surface area contributed by atoms with E-state index in [0.717, 1.165) is 11.3 Å². The Hall–Kier alpha value is -3.63. The third-order valence-corrected chi connectivity index (χ3v) is 5.94. The fourth-order valence-corrected chi connectivity index (χ4v) is 4.95. The number of nitrogens with zero attached hydrogens (tertiary/aromatic N) is 1. The summed E-state index contributed by atoms with van der Waals surface area (Å²) in [5.74, 6) is -1.92. The Morgan fingerprint density at radius 3 is 2.41 bits per heavy atom. The molecule has 1 aromatic rings. The molecule has 1 aliphatic heterocycles. The first-order chi connectivity index (χ1) is 15.9. The zero-order chi connectivity index (χ0) is 25.1. The molecule has 2 aliphatic rings. The van der Waals surface area contributed by atoms with Gasteiger partial charge in [-0.15, -0.1) is 0 Å². The van der Waals surface area contributed by atoms with Crippen molar-refractivity contribution in [2.75, 3.05) is 20.3 Å². The summed E-state index contributed by atoms with van der Waals surface area (Å²) in [6, 6.07) is 5.56. The molecule has 34 heavy (non-hydrogen) atoms. The number of hydrazine groups is 1. The highest BCUT2D eigenvalue weighted by Gasteiger charge is 2.56. The van der Waals surface area contributed by atoms with Crippen LogP contribution in [0.25, 0.3) is 0 Å². The lowest BCUT2D eigenvalue weighted by molar-refractivity contribution is -0.151. The van der Waals surface area contributed by atoms with Crippen LogP contribution in [0.3, 0.4) is 0 Å². The topological polar surface area (TPSA) is 143 Å². The monoisotopic (exact) mass is 474 g/mol. The summed E-state index contributed by atoms with van der Waals surface area (Å²) in [7, 11) is 1.50. The largest absolute Gasteiger partial charge is 0.497 e. The second-order valence-corrected chi connectivity index (χ2v) is 9.65. The number of benzene rings is 1. The number of carbonyl (C=O) groups excluding carboxylic acids is 5. The van der Waals surface area contributed by atoms with Crippen molar-refractivity contribution >= 4 is 29.7 Å². The van der Waals surface area contributed by atoms with E-state index in [1.165, 1.54) is 19.2 Å². The lowest BCUT2D eigenvalue weighted by Gasteiger charge is -2.43. The van der Waals surface area contributed by atoms with Gasteiger partial charge in [0.2, 0.25) is 0 Å². The van der Waals surface area contributed by atoms with E-state index < -0.39 is 48.4 Å². The fraction of sp³-hybridized carbons (Fsp3) is 0.522. The normalized spacial score (nSPS) is 23.3. The van der Waals surface area contributed by atoms with Gasteiger partial charge >= 0.3 is 12.0 Å². The van der Waals surface area contributed by atoms with E-state index in [9.17, 15) is 24.0 Å². The fourth-order valence-electron chi connectivity index (χ4n) is 4.95. The van der Waals surface area contributed by atoms with Crippen molar-refractivity contribution in [3.05, 3.63) is 29.8 Å². The third kappa shape index (κ3) is 5.64. The minimum atomic E-state index is -1.03. The third-order valence-electron chi connectivity index (χ3n) is 5.94. The van der Waals surface area contributed by atoms with E-state index in [0.29, 0.717) is 18.6 Å². The Kier molecular flexibility index (Phi) is 7.13. The smallest absolute Gasteiger partial charge is 0.326 e. The van der Waals surface area contributed by atoms with Crippen LogP contribution in [-0.4, -0.2) is 60.4 Å². The number of methoxy groups -OCH3 is 1. The van der Waals surface area contributed by atoms with Crippen molar-refractivity contribution in [1.29, 1.82) is 0 Å². The molecule has 2 atom stereocenters. The molecule has 1 aromatic carbocycles. The second-order valence-electron chi connectivity index (χ2n) is 9.65. The minimum absolute atomic E-state index is 0.133. The molecule has 0 aromatic heterocycles. The SMILES string of the molecule is COc1ccc(C(=O)NNC(=O)COC(=O)CN2C(=O)NC3(CC(C)CC(C)(C)C3)C2=O)cc1. The number of ether oxygens (including phenoxy) is 2. The predicted octanol–water partition coefficient (Wildman–Crippen LogP) is 1.14. The van der Waals surface area contributed by atoms with E-state index in [4.69, 9.17) is 9.47 Å². The molecule has 0 radical (unpaired) electrons. The van der Waals surface area contributed by atoms with Crippen LogP contribution in [0.4, 0.5) is 4.79 Å². The lowest BCUT2D eigenvalue weighted by Crippen LogP contribution is -2.54. The Labute approximate surface area is 197 Å². The van der Waals surface area contributed by atoms with E-state index in [-0.39, 0.29) is 16.9 Å². The molecule has 1 saturated heterocycles. The quantitative estimate of drug-likeness (QED) is 0.319. The summed E-state index contributed by atoms with van der Waals surface area (Å²) in [4.78, 5) is 62.5. The Balaban J connectivity index is 1.47. The molecule has 2 unspecified atom stereocenters. The number of hydrogen-bond acceptors (Lipinski definition) is 7. The zero-order valence-electron chi connectivity index (χ0n) is 19.7. The Morgan fingerprint density at radius 1 is 1.12 bits per heavy atom. The van der Waals surface area contributed by atoms with Gasteiger partial charge in [-0.1, -0.05) is 20.8 Å². The summed E-state index contributed by atoms with van der Waals surface area (Å²) in [5, 5.41) is 2.78. The van der Waals surface area contributed by atoms with Gasteiger partial charge in [-0.3, -0.25) is 34.9 Å². The van der Waals surface area contributed by atoms with Gasteiger partial charge in [-0.05, 0) is 54.9 Å². The van der Waals surface area contributed by atoms with Gasteiger partial charge in [-0.25, -0.2) is 4.79 Å². The highest BCUT2D eigenvalue weighted by molar-refractivity contribution is 6.08. The first kappa shape index (κ1) is 25.0. The number of esters is 1. The molecule has 11 heteroatoms. The molecule has 3 N–H and O–H groups in total. The average molecular weight is 475 g/mol. The average Bonchev–Trinajstić information content (AvgIpc) is 2.97. The van der Waals surface area contributed by atoms with Crippen LogP contribution in [0.15, 0.2) is 24.3 Å². The number of carbonyl (C=O) groups is 5. The molecule has 5 amide bonds. The summed E-state index contributed by atoms with van der Waals surface area (Å²) < 4.78 is 9.89. The van der Waals surface area contributed by atoms with Crippen LogP contribution in [0, 0.1) is 11.3 Å². The first-order valence-electron chi connectivity index (χ1n) is 11.0. The maximum atomic E-state index is 13.1. The van der Waals surface area contributed by atoms with Crippen LogP contribution in [0.2, 0.25) is 0 Å². The van der Waals surface area contributed by atoms with Crippen LogP contribution in [0.5, 0.6) is 5.75 Å². The molecule has 2 fully saturated rings. The van der Waals surface area contributed by atoms with Gasteiger partial charge in [0.1, 0.15) is 17.8 Å². The van der Waals surface area contributed by atoms with Crippen LogP contribution < -0.4 is 20.9 Å². The molecular formula is C23H30N4O7. The van der Waals surface area contributed by atoms with E-state index in [1.54, 1.807) is 12.1 Å². The van der Waals surface area contributed by atoms with Gasteiger partial charge in [0, 0.05) is 5.56 Å². The number of hydrogen-bond donors (Lipinski definition) is 3. The Bertz CT molecular complexity index is 992. The van der Waals surface area contributed by atoms with Crippen molar-refractivity contribution in [2.45, 2.75) is 45.6 Å². The maximum absolute atomic E-state index is 13.1. The molecule has 11 nitrogen and oxygen atoms in total. The molecule has 1 heterocycles. The van der Waals surface area contributed by atoms with Gasteiger partial charge in [0.15, 0.2) is 6.61 Å². The van der Waals surface area contributed by atoms with Gasteiger partial charge in [0.25, 0.3) is 17.7 Å². The summed E-state index contributed by atoms with van der Waals surface area (Å²) >= 11 is 0. The minimum Gasteiger partial charge on any atom is -0.497 e.